The Hall–Kier alpha value is -1.79. The highest BCUT2D eigenvalue weighted by molar-refractivity contribution is 5.66. The zero-order chi connectivity index (χ0) is 42.4. The molecular weight excluding hydrogens is 775 g/mol. The van der Waals surface area contributed by atoms with Crippen LogP contribution < -0.4 is 5.32 Å². The molecule has 9 heterocycles. The summed E-state index contributed by atoms with van der Waals surface area (Å²) in [7, 11) is 0. The molecule has 9 aliphatic rings. The van der Waals surface area contributed by atoms with E-state index in [9.17, 15) is 20.1 Å². The molecule has 14 heteroatoms. The van der Waals surface area contributed by atoms with E-state index < -0.39 is 71.3 Å². The van der Waals surface area contributed by atoms with Gasteiger partial charge in [0.15, 0.2) is 23.1 Å². The molecule has 336 valence electrons. The Labute approximate surface area is 354 Å². The van der Waals surface area contributed by atoms with Crippen LogP contribution in [0, 0.1) is 29.6 Å². The van der Waals surface area contributed by atoms with Crippen LogP contribution in [0.4, 0.5) is 0 Å². The van der Waals surface area contributed by atoms with Gasteiger partial charge >= 0.3 is 5.97 Å². The summed E-state index contributed by atoms with van der Waals surface area (Å²) in [5, 5.41) is 48.3. The molecule has 5 N–H and O–H groups in total. The maximum atomic E-state index is 12.2. The number of nitrogens with one attached hydrogen (secondary N) is 1. The van der Waals surface area contributed by atoms with Crippen LogP contribution in [0.2, 0.25) is 0 Å². The van der Waals surface area contributed by atoms with E-state index >= 15 is 0 Å². The third kappa shape index (κ3) is 7.91. The van der Waals surface area contributed by atoms with Crippen molar-refractivity contribution in [2.45, 2.75) is 208 Å². The number of hydrogen-bond acceptors (Lipinski definition) is 13. The van der Waals surface area contributed by atoms with E-state index in [0.717, 1.165) is 25.8 Å². The number of piperidine rings is 1. The van der Waals surface area contributed by atoms with Crippen LogP contribution in [0.15, 0.2) is 36.5 Å². The number of aliphatic carboxylic acids is 1. The number of aliphatic hydroxyl groups is 3. The van der Waals surface area contributed by atoms with E-state index in [4.69, 9.17) is 43.0 Å². The van der Waals surface area contributed by atoms with Gasteiger partial charge in [-0.15, -0.1) is 0 Å². The first-order valence-electron chi connectivity index (χ1n) is 22.9. The summed E-state index contributed by atoms with van der Waals surface area (Å²) >= 11 is 0. The van der Waals surface area contributed by atoms with Gasteiger partial charge in [0.05, 0.1) is 48.8 Å². The van der Waals surface area contributed by atoms with Crippen molar-refractivity contribution < 1.29 is 63.1 Å². The SMILES string of the molecule is C=C(C[C@@]12C[C@H](C)C[C@H](O1)[C@@H]1O[C@@]3(C[C@@H]1O2)NC[C@@H](C)C[C@H]3C)[C@H]1O[C@@](O)([C@@H](O)[C@H]2C[C@@H]3O[C@@]4(CC[C@]5(C=CC[C@@H](/C=C/CCC(=O)O)O5)O4)[C@@H](C)C[C@@H]3O2)C[C@H](O)[C@@H]1C. The Bertz CT molecular complexity index is 1690. The zero-order valence-electron chi connectivity index (χ0n) is 36.0. The summed E-state index contributed by atoms with van der Waals surface area (Å²) in [5.41, 5.74) is 0.196. The van der Waals surface area contributed by atoms with Gasteiger partial charge in [0.2, 0.25) is 0 Å². The Morgan fingerprint density at radius 3 is 2.48 bits per heavy atom. The Morgan fingerprint density at radius 2 is 1.70 bits per heavy atom. The molecule has 0 amide bonds. The highest BCUT2D eigenvalue weighted by Crippen LogP contribution is 2.55. The van der Waals surface area contributed by atoms with Gasteiger partial charge in [-0.3, -0.25) is 10.1 Å². The molecule has 0 aromatic heterocycles. The third-order valence-electron chi connectivity index (χ3n) is 15.6. The van der Waals surface area contributed by atoms with Gasteiger partial charge in [-0.2, -0.15) is 0 Å². The van der Waals surface area contributed by atoms with E-state index in [1.165, 1.54) is 0 Å². The monoisotopic (exact) mass is 843 g/mol. The van der Waals surface area contributed by atoms with Crippen molar-refractivity contribution in [3.05, 3.63) is 36.5 Å². The smallest absolute Gasteiger partial charge is 0.303 e. The van der Waals surface area contributed by atoms with Crippen LogP contribution in [0.3, 0.4) is 0 Å². The number of carbonyl (C=O) groups is 1. The summed E-state index contributed by atoms with van der Waals surface area (Å²) in [6.07, 6.45) is 9.04. The lowest BCUT2D eigenvalue weighted by atomic mass is 9.78. The molecule has 8 fully saturated rings. The first-order chi connectivity index (χ1) is 28.4. The van der Waals surface area contributed by atoms with Crippen LogP contribution in [-0.2, 0) is 42.7 Å². The highest BCUT2D eigenvalue weighted by Gasteiger charge is 2.64. The van der Waals surface area contributed by atoms with E-state index in [1.54, 1.807) is 0 Å². The molecule has 2 bridgehead atoms. The molecule has 9 rings (SSSR count). The number of carboxylic acid groups (broad SMARTS) is 1. The number of carboxylic acids is 1. The predicted molar refractivity (Wildman–Crippen MR) is 216 cm³/mol. The molecule has 0 aromatic carbocycles. The minimum Gasteiger partial charge on any atom is -0.481 e. The van der Waals surface area contributed by atoms with Crippen molar-refractivity contribution in [3.63, 3.8) is 0 Å². The fourth-order valence-corrected chi connectivity index (χ4v) is 12.4. The summed E-state index contributed by atoms with van der Waals surface area (Å²) in [5.74, 6) is -5.03. The van der Waals surface area contributed by atoms with Crippen LogP contribution in [0.1, 0.15) is 118 Å². The average molecular weight is 844 g/mol. The predicted octanol–water partition coefficient (Wildman–Crippen LogP) is 4.98. The van der Waals surface area contributed by atoms with Gasteiger partial charge in [-0.1, -0.05) is 59.4 Å². The summed E-state index contributed by atoms with van der Waals surface area (Å²) < 4.78 is 53.6. The van der Waals surface area contributed by atoms with Gasteiger partial charge in [0, 0.05) is 69.7 Å². The molecule has 0 radical (unpaired) electrons. The van der Waals surface area contributed by atoms with E-state index in [-0.39, 0.29) is 49.3 Å². The maximum Gasteiger partial charge on any atom is 0.303 e. The van der Waals surface area contributed by atoms with Crippen LogP contribution in [-0.4, -0.2) is 123 Å². The van der Waals surface area contributed by atoms with E-state index in [0.29, 0.717) is 74.7 Å². The molecule has 3 spiro atoms. The number of fused-ring (bicyclic) bond motifs is 5. The first kappa shape index (κ1) is 43.5. The lowest BCUT2D eigenvalue weighted by molar-refractivity contribution is -0.367. The third-order valence-corrected chi connectivity index (χ3v) is 15.6. The van der Waals surface area contributed by atoms with Gasteiger partial charge in [-0.25, -0.2) is 0 Å². The van der Waals surface area contributed by atoms with Gasteiger partial charge in [0.1, 0.15) is 17.9 Å². The largest absolute Gasteiger partial charge is 0.481 e. The second-order valence-corrected chi connectivity index (χ2v) is 20.5. The molecule has 14 nitrogen and oxygen atoms in total. The topological polar surface area (TPSA) is 184 Å². The number of hydrogen-bond donors (Lipinski definition) is 5. The fraction of sp³-hybridized carbons (Fsp3) is 0.848. The van der Waals surface area contributed by atoms with E-state index in [2.05, 4.69) is 39.6 Å². The second-order valence-electron chi connectivity index (χ2n) is 20.5. The molecular formula is C46H69NO13. The van der Waals surface area contributed by atoms with Crippen molar-refractivity contribution in [1.82, 2.24) is 5.32 Å². The quantitative estimate of drug-likeness (QED) is 0.196. The molecule has 60 heavy (non-hydrogen) atoms. The van der Waals surface area contributed by atoms with Crippen LogP contribution in [0.25, 0.3) is 0 Å². The Morgan fingerprint density at radius 1 is 0.900 bits per heavy atom. The van der Waals surface area contributed by atoms with Gasteiger partial charge in [-0.05, 0) is 61.5 Å². The molecule has 0 aromatic rings. The van der Waals surface area contributed by atoms with Crippen LogP contribution >= 0.6 is 0 Å². The average Bonchev–Trinajstić information content (AvgIpc) is 3.87. The Balaban J connectivity index is 0.846. The molecule has 0 unspecified atom stereocenters. The number of ether oxygens (including phenoxy) is 8. The molecule has 9 aliphatic heterocycles. The van der Waals surface area contributed by atoms with Gasteiger partial charge < -0.3 is 58.3 Å². The second kappa shape index (κ2) is 16.0. The van der Waals surface area contributed by atoms with Crippen molar-refractivity contribution >= 4 is 5.97 Å². The number of aliphatic hydroxyl groups excluding tert-OH is 2. The molecule has 0 saturated carbocycles. The molecule has 20 atom stereocenters. The standard InChI is InChI=1S/C46H69NO13/c1-25-17-35-40-37(23-44(58-40)28(4)16-26(2)24-47-44)56-43(20-25,55-35)21-27(3)39-30(6)32(48)22-45(52,59-39)41(51)36-19-34-33(53-36)18-29(5)46(57-34)15-14-42(60-46)13-9-11-31(54-42)10-7-8-12-38(49)50/h7,9-10,13,25-26,28-37,39-41,47-48,51-52H,3,8,11-12,14-24H2,1-2,4-6H3,(H,49,50)/b10-7+/t25-,26+,28-,29+,30+,31-,32+,33+,34+,35+,36-,37+,39-,40+,41+,42+,43+,44-,45-,46-/m1/s1. The van der Waals surface area contributed by atoms with E-state index in [1.807, 2.05) is 31.2 Å². The number of rotatable bonds is 9. The number of allylic oxidation sites excluding steroid dienone is 1. The fourth-order valence-electron chi connectivity index (χ4n) is 12.4. The van der Waals surface area contributed by atoms with Crippen molar-refractivity contribution in [1.29, 1.82) is 0 Å². The Kier molecular flexibility index (Phi) is 11.6. The summed E-state index contributed by atoms with van der Waals surface area (Å²) in [6.45, 7) is 16.1. The van der Waals surface area contributed by atoms with Crippen molar-refractivity contribution in [3.8, 4) is 0 Å². The first-order valence-corrected chi connectivity index (χ1v) is 22.9. The molecule has 8 saturated heterocycles. The van der Waals surface area contributed by atoms with Crippen LogP contribution in [0.5, 0.6) is 0 Å². The lowest BCUT2D eigenvalue weighted by Gasteiger charge is -2.53. The minimum absolute atomic E-state index is 0.0600. The lowest BCUT2D eigenvalue weighted by Crippen LogP contribution is -2.61. The zero-order valence-corrected chi connectivity index (χ0v) is 36.0. The van der Waals surface area contributed by atoms with Crippen molar-refractivity contribution in [2.24, 2.45) is 29.6 Å². The normalized spacial score (nSPS) is 52.9. The highest BCUT2D eigenvalue weighted by atomic mass is 16.8. The molecule has 0 aliphatic carbocycles. The minimum atomic E-state index is -2.12. The van der Waals surface area contributed by atoms with Gasteiger partial charge in [0.25, 0.3) is 0 Å². The maximum absolute atomic E-state index is 12.2. The van der Waals surface area contributed by atoms with Crippen molar-refractivity contribution in [2.75, 3.05) is 6.54 Å². The summed E-state index contributed by atoms with van der Waals surface area (Å²) in [6, 6.07) is 0. The summed E-state index contributed by atoms with van der Waals surface area (Å²) in [4.78, 5) is 10.9.